The first kappa shape index (κ1) is 22.6. The summed E-state index contributed by atoms with van der Waals surface area (Å²) in [4.78, 5) is 20.0. The van der Waals surface area contributed by atoms with Crippen LogP contribution < -0.4 is 14.4 Å². The average Bonchev–Trinajstić information content (AvgIpc) is 3.25. The van der Waals surface area contributed by atoms with Crippen molar-refractivity contribution < 1.29 is 19.0 Å². The minimum Gasteiger partial charge on any atom is -0.493 e. The molecule has 6 nitrogen and oxygen atoms in total. The van der Waals surface area contributed by atoms with Gasteiger partial charge in [0.2, 0.25) is 0 Å². The number of carbonyl (C=O) groups is 1. The van der Waals surface area contributed by atoms with Gasteiger partial charge in [-0.1, -0.05) is 6.07 Å². The topological polar surface area (TPSA) is 60.9 Å². The van der Waals surface area contributed by atoms with Crippen molar-refractivity contribution in [3.8, 4) is 11.5 Å². The fraction of sp³-hybridized carbons (Fsp3) is 0.333. The van der Waals surface area contributed by atoms with Crippen molar-refractivity contribution in [2.24, 2.45) is 0 Å². The molecule has 0 fully saturated rings. The van der Waals surface area contributed by atoms with E-state index < -0.39 is 5.60 Å². The molecular weight excluding hydrogens is 412 g/mol. The highest BCUT2D eigenvalue weighted by Crippen LogP contribution is 2.36. The predicted molar refractivity (Wildman–Crippen MR) is 124 cm³/mol. The maximum absolute atomic E-state index is 12.6. The van der Waals surface area contributed by atoms with Gasteiger partial charge in [-0.2, -0.15) is 0 Å². The predicted octanol–water partition coefficient (Wildman–Crippen LogP) is 5.84. The van der Waals surface area contributed by atoms with E-state index >= 15 is 0 Å². The number of nitrogens with zero attached hydrogens (tertiary/aromatic N) is 2. The van der Waals surface area contributed by atoms with Crippen molar-refractivity contribution in [2.75, 3.05) is 18.6 Å². The van der Waals surface area contributed by atoms with Gasteiger partial charge in [-0.05, 0) is 58.0 Å². The number of hydrogen-bond acceptors (Lipinski definition) is 7. The molecule has 0 aliphatic heterocycles. The molecule has 0 spiro atoms. The zero-order chi connectivity index (χ0) is 22.4. The van der Waals surface area contributed by atoms with Crippen molar-refractivity contribution in [1.29, 1.82) is 0 Å². The molecule has 0 unspecified atom stereocenters. The molecule has 0 saturated carbocycles. The van der Waals surface area contributed by atoms with Crippen LogP contribution in [-0.2, 0) is 11.3 Å². The van der Waals surface area contributed by atoms with Gasteiger partial charge in [0.15, 0.2) is 11.5 Å². The van der Waals surface area contributed by atoms with E-state index in [1.165, 1.54) is 0 Å². The van der Waals surface area contributed by atoms with Gasteiger partial charge < -0.3 is 19.1 Å². The van der Waals surface area contributed by atoms with E-state index in [1.807, 2.05) is 75.8 Å². The van der Waals surface area contributed by atoms with Gasteiger partial charge in [0.1, 0.15) is 5.60 Å². The van der Waals surface area contributed by atoms with Crippen LogP contribution in [-0.4, -0.2) is 30.3 Å². The lowest BCUT2D eigenvalue weighted by Gasteiger charge is -2.26. The molecular formula is C24H28N2O4S. The first-order valence-corrected chi connectivity index (χ1v) is 11.0. The van der Waals surface area contributed by atoms with Crippen LogP contribution in [0.25, 0.3) is 0 Å². The first-order valence-electron chi connectivity index (χ1n) is 10.1. The largest absolute Gasteiger partial charge is 0.493 e. The molecule has 1 aromatic heterocycles. The number of rotatable bonds is 8. The van der Waals surface area contributed by atoms with E-state index in [4.69, 9.17) is 14.2 Å². The lowest BCUT2D eigenvalue weighted by Crippen LogP contribution is -2.24. The van der Waals surface area contributed by atoms with Crippen molar-refractivity contribution >= 4 is 28.7 Å². The number of aromatic nitrogens is 1. The van der Waals surface area contributed by atoms with Crippen LogP contribution in [0.5, 0.6) is 11.5 Å². The summed E-state index contributed by atoms with van der Waals surface area (Å²) in [6.45, 7) is 8.66. The maximum atomic E-state index is 12.6. The maximum Gasteiger partial charge on any atom is 0.338 e. The highest BCUT2D eigenvalue weighted by molar-refractivity contribution is 7.09. The van der Waals surface area contributed by atoms with Crippen molar-refractivity contribution in [1.82, 2.24) is 4.98 Å². The summed E-state index contributed by atoms with van der Waals surface area (Å²) >= 11 is 1.58. The number of carbonyl (C=O) groups excluding carboxylic acids is 1. The summed E-state index contributed by atoms with van der Waals surface area (Å²) < 4.78 is 16.7. The van der Waals surface area contributed by atoms with Gasteiger partial charge in [0.25, 0.3) is 0 Å². The number of hydrogen-bond donors (Lipinski definition) is 0. The summed E-state index contributed by atoms with van der Waals surface area (Å²) in [6.07, 6.45) is 1.85. The second kappa shape index (κ2) is 9.83. The Hall–Kier alpha value is -3.06. The van der Waals surface area contributed by atoms with Crippen LogP contribution in [0.1, 0.15) is 42.9 Å². The number of benzene rings is 2. The zero-order valence-corrected chi connectivity index (χ0v) is 19.4. The molecule has 3 aromatic rings. The van der Waals surface area contributed by atoms with Crippen molar-refractivity contribution in [3.63, 3.8) is 0 Å². The standard InChI is InChI=1S/C24H28N2O4S/c1-6-29-21-11-10-19(13-22(21)28-5)26(15-20-14-25-16-31-20)18-9-7-8-17(12-18)23(27)30-24(2,3)4/h7-14,16H,6,15H2,1-5H3. The number of methoxy groups -OCH3 is 1. The molecule has 1 heterocycles. The molecule has 0 saturated heterocycles. The number of ether oxygens (including phenoxy) is 3. The first-order chi connectivity index (χ1) is 14.8. The fourth-order valence-corrected chi connectivity index (χ4v) is 3.63. The molecule has 31 heavy (non-hydrogen) atoms. The zero-order valence-electron chi connectivity index (χ0n) is 18.5. The van der Waals surface area contributed by atoms with Gasteiger partial charge in [-0.25, -0.2) is 4.79 Å². The lowest BCUT2D eigenvalue weighted by molar-refractivity contribution is 0.00695. The van der Waals surface area contributed by atoms with Crippen molar-refractivity contribution in [2.45, 2.75) is 39.8 Å². The quantitative estimate of drug-likeness (QED) is 0.410. The molecule has 2 aromatic carbocycles. The normalized spacial score (nSPS) is 11.1. The number of anilines is 2. The lowest BCUT2D eigenvalue weighted by atomic mass is 10.1. The third-order valence-corrected chi connectivity index (χ3v) is 5.11. The summed E-state index contributed by atoms with van der Waals surface area (Å²) in [6, 6.07) is 13.3. The summed E-state index contributed by atoms with van der Waals surface area (Å²) in [5, 5.41) is 0. The smallest absolute Gasteiger partial charge is 0.338 e. The Labute approximate surface area is 187 Å². The molecule has 0 aliphatic rings. The van der Waals surface area contributed by atoms with Gasteiger partial charge in [0, 0.05) is 28.5 Å². The molecule has 0 N–H and O–H groups in total. The minimum atomic E-state index is -0.558. The van der Waals surface area contributed by atoms with Gasteiger partial charge in [0.05, 0.1) is 31.3 Å². The Balaban J connectivity index is 2.00. The van der Waals surface area contributed by atoms with E-state index in [-0.39, 0.29) is 5.97 Å². The van der Waals surface area contributed by atoms with Crippen LogP contribution in [0.15, 0.2) is 54.2 Å². The third-order valence-electron chi connectivity index (χ3n) is 4.35. The highest BCUT2D eigenvalue weighted by atomic mass is 32.1. The molecule has 0 aliphatic carbocycles. The van der Waals surface area contributed by atoms with E-state index in [0.29, 0.717) is 30.2 Å². The van der Waals surface area contributed by atoms with Crippen LogP contribution in [0.3, 0.4) is 0 Å². The van der Waals surface area contributed by atoms with Crippen LogP contribution in [0.2, 0.25) is 0 Å². The van der Waals surface area contributed by atoms with Crippen LogP contribution in [0, 0.1) is 0 Å². The highest BCUT2D eigenvalue weighted by Gasteiger charge is 2.20. The van der Waals surface area contributed by atoms with Crippen molar-refractivity contribution in [3.05, 3.63) is 64.6 Å². The number of thiazole rings is 1. The average molecular weight is 441 g/mol. The second-order valence-corrected chi connectivity index (χ2v) is 8.85. The van der Waals surface area contributed by atoms with E-state index in [9.17, 15) is 4.79 Å². The molecule has 7 heteroatoms. The minimum absolute atomic E-state index is 0.351. The van der Waals surface area contributed by atoms with E-state index in [2.05, 4.69) is 9.88 Å². The van der Waals surface area contributed by atoms with Crippen LogP contribution >= 0.6 is 11.3 Å². The van der Waals surface area contributed by atoms with Gasteiger partial charge >= 0.3 is 5.97 Å². The molecule has 0 atom stereocenters. The summed E-state index contributed by atoms with van der Waals surface area (Å²) in [7, 11) is 1.62. The third kappa shape index (κ3) is 5.98. The fourth-order valence-electron chi connectivity index (χ4n) is 3.04. The summed E-state index contributed by atoms with van der Waals surface area (Å²) in [5.74, 6) is 0.988. The Morgan fingerprint density at radius 1 is 1.10 bits per heavy atom. The van der Waals surface area contributed by atoms with E-state index in [0.717, 1.165) is 16.3 Å². The monoisotopic (exact) mass is 440 g/mol. The number of esters is 1. The summed E-state index contributed by atoms with van der Waals surface area (Å²) in [5.41, 5.74) is 3.53. The molecule has 3 rings (SSSR count). The Bertz CT molecular complexity index is 1010. The van der Waals surface area contributed by atoms with Crippen LogP contribution in [0.4, 0.5) is 11.4 Å². The SMILES string of the molecule is CCOc1ccc(N(Cc2cncs2)c2cccc(C(=O)OC(C)(C)C)c2)cc1OC. The van der Waals surface area contributed by atoms with E-state index in [1.54, 1.807) is 24.5 Å². The Kier molecular flexibility index (Phi) is 7.17. The Morgan fingerprint density at radius 3 is 2.52 bits per heavy atom. The molecule has 164 valence electrons. The van der Waals surface area contributed by atoms with Gasteiger partial charge in [-0.3, -0.25) is 4.98 Å². The Morgan fingerprint density at radius 2 is 1.87 bits per heavy atom. The second-order valence-electron chi connectivity index (χ2n) is 7.87. The molecule has 0 radical (unpaired) electrons. The molecule has 0 bridgehead atoms. The molecule has 0 amide bonds. The van der Waals surface area contributed by atoms with Gasteiger partial charge in [-0.15, -0.1) is 11.3 Å².